The van der Waals surface area contributed by atoms with Crippen LogP contribution in [0.2, 0.25) is 0 Å². The van der Waals surface area contributed by atoms with Crippen molar-refractivity contribution in [1.82, 2.24) is 4.98 Å². The monoisotopic (exact) mass is 363 g/mol. The molecule has 0 radical (unpaired) electrons. The molecule has 4 rings (SSSR count). The number of aromatic hydroxyl groups is 1. The van der Waals surface area contributed by atoms with Gasteiger partial charge in [0, 0.05) is 10.9 Å². The summed E-state index contributed by atoms with van der Waals surface area (Å²) >= 11 is 1.39. The van der Waals surface area contributed by atoms with E-state index in [1.54, 1.807) is 17.0 Å². The van der Waals surface area contributed by atoms with Crippen LogP contribution in [0.4, 0.5) is 5.69 Å². The molecule has 1 aliphatic heterocycles. The van der Waals surface area contributed by atoms with Crippen molar-refractivity contribution in [2.24, 2.45) is 0 Å². The van der Waals surface area contributed by atoms with Crippen molar-refractivity contribution >= 4 is 28.4 Å². The van der Waals surface area contributed by atoms with Crippen LogP contribution in [-0.2, 0) is 0 Å². The van der Waals surface area contributed by atoms with E-state index in [1.807, 2.05) is 48.7 Å². The number of nitrogens with one attached hydrogen (secondary N) is 1. The summed E-state index contributed by atoms with van der Waals surface area (Å²) in [4.78, 5) is 6.18. The number of hydrogen-bond donors (Lipinski definition) is 3. The van der Waals surface area contributed by atoms with E-state index in [0.717, 1.165) is 16.8 Å². The summed E-state index contributed by atoms with van der Waals surface area (Å²) in [6.07, 6.45) is 0. The third kappa shape index (κ3) is 2.74. The van der Waals surface area contributed by atoms with Crippen LogP contribution in [-0.4, -0.2) is 27.6 Å². The van der Waals surface area contributed by atoms with E-state index in [2.05, 4.69) is 4.98 Å². The SMILES string of the molecule is Cc1ccc(N2CC(O)=C(c3nc(-c4ccccc4)cs3)C2=N)c(O)c1. The lowest BCUT2D eigenvalue weighted by Gasteiger charge is -2.20. The normalized spacial score (nSPS) is 14.3. The first kappa shape index (κ1) is 16.4. The number of anilines is 1. The van der Waals surface area contributed by atoms with Gasteiger partial charge in [-0.2, -0.15) is 0 Å². The number of thiazole rings is 1. The molecule has 0 saturated carbocycles. The second-order valence-corrected chi connectivity index (χ2v) is 7.01. The molecule has 26 heavy (non-hydrogen) atoms. The van der Waals surface area contributed by atoms with Gasteiger partial charge in [0.1, 0.15) is 22.4 Å². The number of aryl methyl sites for hydroxylation is 1. The molecule has 0 atom stereocenters. The summed E-state index contributed by atoms with van der Waals surface area (Å²) in [6, 6.07) is 15.1. The quantitative estimate of drug-likeness (QED) is 0.636. The van der Waals surface area contributed by atoms with Crippen molar-refractivity contribution < 1.29 is 10.2 Å². The smallest absolute Gasteiger partial charge is 0.139 e. The lowest BCUT2D eigenvalue weighted by Crippen LogP contribution is -2.26. The molecule has 2 heterocycles. The lowest BCUT2D eigenvalue weighted by atomic mass is 10.2. The van der Waals surface area contributed by atoms with Gasteiger partial charge in [-0.1, -0.05) is 36.4 Å². The third-order valence-corrected chi connectivity index (χ3v) is 5.17. The van der Waals surface area contributed by atoms with Crippen LogP contribution in [0.3, 0.4) is 0 Å². The first-order valence-electron chi connectivity index (χ1n) is 8.14. The van der Waals surface area contributed by atoms with Gasteiger partial charge >= 0.3 is 0 Å². The lowest BCUT2D eigenvalue weighted by molar-refractivity contribution is 0.411. The fourth-order valence-electron chi connectivity index (χ4n) is 3.00. The first-order chi connectivity index (χ1) is 12.5. The Labute approximate surface area is 155 Å². The van der Waals surface area contributed by atoms with Crippen molar-refractivity contribution in [1.29, 1.82) is 5.41 Å². The van der Waals surface area contributed by atoms with Crippen LogP contribution in [0.15, 0.2) is 59.7 Å². The van der Waals surface area contributed by atoms with Crippen molar-refractivity contribution in [2.75, 3.05) is 11.4 Å². The second-order valence-electron chi connectivity index (χ2n) is 6.15. The summed E-state index contributed by atoms with van der Waals surface area (Å²) in [5.41, 5.74) is 3.66. The highest BCUT2D eigenvalue weighted by Gasteiger charge is 2.32. The average Bonchev–Trinajstić information content (AvgIpc) is 3.21. The molecular weight excluding hydrogens is 346 g/mol. The van der Waals surface area contributed by atoms with Gasteiger partial charge in [0.25, 0.3) is 0 Å². The molecule has 0 aliphatic carbocycles. The maximum atomic E-state index is 10.5. The minimum absolute atomic E-state index is 0.0870. The summed E-state index contributed by atoms with van der Waals surface area (Å²) in [6.45, 7) is 2.03. The molecule has 0 unspecified atom stereocenters. The second kappa shape index (κ2) is 6.31. The average molecular weight is 363 g/mol. The topological polar surface area (TPSA) is 80.4 Å². The highest BCUT2D eigenvalue weighted by Crippen LogP contribution is 2.37. The van der Waals surface area contributed by atoms with Gasteiger partial charge in [-0.15, -0.1) is 11.3 Å². The van der Waals surface area contributed by atoms with Gasteiger partial charge < -0.3 is 15.1 Å². The minimum Gasteiger partial charge on any atom is -0.510 e. The zero-order valence-electron chi connectivity index (χ0n) is 14.1. The highest BCUT2D eigenvalue weighted by atomic mass is 32.1. The number of rotatable bonds is 3. The van der Waals surface area contributed by atoms with Crippen molar-refractivity contribution in [3.8, 4) is 17.0 Å². The van der Waals surface area contributed by atoms with E-state index in [4.69, 9.17) is 5.41 Å². The van der Waals surface area contributed by atoms with E-state index in [-0.39, 0.29) is 23.9 Å². The van der Waals surface area contributed by atoms with Gasteiger partial charge in [-0.05, 0) is 24.6 Å². The van der Waals surface area contributed by atoms with Crippen LogP contribution < -0.4 is 4.90 Å². The Morgan fingerprint density at radius 2 is 1.88 bits per heavy atom. The van der Waals surface area contributed by atoms with E-state index < -0.39 is 0 Å². The van der Waals surface area contributed by atoms with Gasteiger partial charge in [0.05, 0.1) is 23.5 Å². The van der Waals surface area contributed by atoms with E-state index in [9.17, 15) is 10.2 Å². The van der Waals surface area contributed by atoms with Crippen LogP contribution in [0.25, 0.3) is 16.8 Å². The van der Waals surface area contributed by atoms with Crippen LogP contribution in [0.1, 0.15) is 10.6 Å². The van der Waals surface area contributed by atoms with Gasteiger partial charge in [0.2, 0.25) is 0 Å². The largest absolute Gasteiger partial charge is 0.510 e. The maximum absolute atomic E-state index is 10.5. The van der Waals surface area contributed by atoms with E-state index in [0.29, 0.717) is 16.3 Å². The first-order valence-corrected chi connectivity index (χ1v) is 9.02. The molecule has 130 valence electrons. The number of aliphatic hydroxyl groups excluding tert-OH is 1. The number of aliphatic hydroxyl groups is 1. The van der Waals surface area contributed by atoms with E-state index in [1.165, 1.54) is 11.3 Å². The predicted octanol–water partition coefficient (Wildman–Crippen LogP) is 4.59. The number of nitrogens with zero attached hydrogens (tertiary/aromatic N) is 2. The number of phenolic OH excluding ortho intramolecular Hbond substituents is 1. The standard InChI is InChI=1S/C20H17N3O2S/c1-12-7-8-15(16(24)9-12)23-10-17(25)18(19(23)21)20-22-14(11-26-20)13-5-3-2-4-6-13/h2-9,11,21,24-25H,10H2,1H3. The van der Waals surface area contributed by atoms with Gasteiger partial charge in [-0.3, -0.25) is 5.41 Å². The summed E-state index contributed by atoms with van der Waals surface area (Å²) in [5, 5.41) is 31.7. The van der Waals surface area contributed by atoms with Crippen molar-refractivity contribution in [2.45, 2.75) is 6.92 Å². The molecule has 1 aliphatic rings. The summed E-state index contributed by atoms with van der Waals surface area (Å²) in [7, 11) is 0. The Morgan fingerprint density at radius 1 is 1.12 bits per heavy atom. The maximum Gasteiger partial charge on any atom is 0.139 e. The van der Waals surface area contributed by atoms with Gasteiger partial charge in [-0.25, -0.2) is 4.98 Å². The number of phenols is 1. The molecule has 3 N–H and O–H groups in total. The molecule has 5 nitrogen and oxygen atoms in total. The minimum atomic E-state index is 0.0870. The summed E-state index contributed by atoms with van der Waals surface area (Å²) in [5.74, 6) is 0.312. The fraction of sp³-hybridized carbons (Fsp3) is 0.100. The van der Waals surface area contributed by atoms with Crippen LogP contribution >= 0.6 is 11.3 Å². The van der Waals surface area contributed by atoms with E-state index >= 15 is 0 Å². The molecule has 0 fully saturated rings. The number of amidine groups is 1. The molecule has 0 spiro atoms. The number of benzene rings is 2. The zero-order chi connectivity index (χ0) is 18.3. The Morgan fingerprint density at radius 3 is 2.62 bits per heavy atom. The Kier molecular flexibility index (Phi) is 3.97. The van der Waals surface area contributed by atoms with Crippen LogP contribution in [0.5, 0.6) is 5.75 Å². The molecule has 2 aromatic carbocycles. The molecule has 0 amide bonds. The van der Waals surface area contributed by atoms with Crippen LogP contribution in [0, 0.1) is 12.3 Å². The Balaban J connectivity index is 1.67. The molecular formula is C20H17N3O2S. The Hall–Kier alpha value is -3.12. The van der Waals surface area contributed by atoms with Crippen molar-refractivity contribution in [3.05, 3.63) is 70.2 Å². The molecule has 0 bridgehead atoms. The predicted molar refractivity (Wildman–Crippen MR) is 105 cm³/mol. The zero-order valence-corrected chi connectivity index (χ0v) is 14.9. The molecule has 3 aromatic rings. The number of hydrogen-bond acceptors (Lipinski definition) is 5. The molecule has 0 saturated heterocycles. The summed E-state index contributed by atoms with van der Waals surface area (Å²) < 4.78 is 0. The fourth-order valence-corrected chi connectivity index (χ4v) is 3.90. The molecule has 6 heteroatoms. The number of aromatic nitrogens is 1. The molecule has 1 aromatic heterocycles. The van der Waals surface area contributed by atoms with Crippen molar-refractivity contribution in [3.63, 3.8) is 0 Å². The van der Waals surface area contributed by atoms with Gasteiger partial charge in [0.15, 0.2) is 0 Å². The highest BCUT2D eigenvalue weighted by molar-refractivity contribution is 7.11. The third-order valence-electron chi connectivity index (χ3n) is 4.31. The Bertz CT molecular complexity index is 1020.